The lowest BCUT2D eigenvalue weighted by molar-refractivity contribution is -0.113. The van der Waals surface area contributed by atoms with E-state index in [0.29, 0.717) is 28.0 Å². The van der Waals surface area contributed by atoms with Crippen LogP contribution in [0.15, 0.2) is 52.1 Å². The number of carbonyl (C=O) groups is 1. The van der Waals surface area contributed by atoms with Gasteiger partial charge in [0.1, 0.15) is 11.5 Å². The fraction of sp³-hybridized carbons (Fsp3) is 0.167. The van der Waals surface area contributed by atoms with Gasteiger partial charge in [-0.15, -0.1) is 10.2 Å². The molecule has 0 saturated heterocycles. The van der Waals surface area contributed by atoms with Crippen LogP contribution in [0.2, 0.25) is 0 Å². The van der Waals surface area contributed by atoms with Crippen LogP contribution in [0.1, 0.15) is 0 Å². The molecule has 3 aromatic rings. The van der Waals surface area contributed by atoms with E-state index in [4.69, 9.17) is 4.74 Å². The smallest absolute Gasteiger partial charge is 0.234 e. The van der Waals surface area contributed by atoms with E-state index >= 15 is 0 Å². The molecule has 140 valence electrons. The first-order valence-electron chi connectivity index (χ1n) is 7.93. The van der Waals surface area contributed by atoms with Gasteiger partial charge in [-0.3, -0.25) is 4.79 Å². The molecule has 1 heterocycles. The van der Waals surface area contributed by atoms with Crippen molar-refractivity contribution in [1.82, 2.24) is 14.8 Å². The van der Waals surface area contributed by atoms with E-state index in [2.05, 4.69) is 31.4 Å². The molecular formula is C18H17BrN4O3S. The maximum Gasteiger partial charge on any atom is 0.234 e. The van der Waals surface area contributed by atoms with Crippen molar-refractivity contribution in [2.75, 3.05) is 18.2 Å². The number of carbonyl (C=O) groups excluding carboxylic acids is 1. The number of anilines is 1. The van der Waals surface area contributed by atoms with E-state index in [9.17, 15) is 9.90 Å². The molecule has 2 N–H and O–H groups in total. The molecule has 0 atom stereocenters. The number of nitrogens with one attached hydrogen (secondary N) is 1. The Balaban J connectivity index is 1.69. The van der Waals surface area contributed by atoms with Gasteiger partial charge in [0.25, 0.3) is 0 Å². The third kappa shape index (κ3) is 4.42. The van der Waals surface area contributed by atoms with Crippen LogP contribution in [0.3, 0.4) is 0 Å². The Hall–Kier alpha value is -2.52. The Morgan fingerprint density at radius 1 is 1.30 bits per heavy atom. The number of para-hydroxylation sites is 2. The van der Waals surface area contributed by atoms with Crippen LogP contribution in [-0.2, 0) is 11.8 Å². The van der Waals surface area contributed by atoms with Gasteiger partial charge in [0.05, 0.1) is 24.1 Å². The number of phenolic OH excluding ortho intramolecular Hbond substituents is 1. The van der Waals surface area contributed by atoms with Gasteiger partial charge in [0.2, 0.25) is 5.91 Å². The Bertz CT molecular complexity index is 977. The average molecular weight is 449 g/mol. The van der Waals surface area contributed by atoms with Gasteiger partial charge in [0.15, 0.2) is 11.0 Å². The molecule has 2 aromatic carbocycles. The third-order valence-electron chi connectivity index (χ3n) is 3.75. The Morgan fingerprint density at radius 3 is 2.85 bits per heavy atom. The van der Waals surface area contributed by atoms with Crippen LogP contribution in [0.4, 0.5) is 5.69 Å². The Labute approximate surface area is 168 Å². The summed E-state index contributed by atoms with van der Waals surface area (Å²) in [6.07, 6.45) is 0. The molecule has 0 bridgehead atoms. The maximum atomic E-state index is 12.2. The van der Waals surface area contributed by atoms with Crippen molar-refractivity contribution >= 4 is 39.3 Å². The molecule has 0 fully saturated rings. The Kier molecular flexibility index (Phi) is 6.02. The van der Waals surface area contributed by atoms with Crippen molar-refractivity contribution in [1.29, 1.82) is 0 Å². The van der Waals surface area contributed by atoms with Crippen LogP contribution >= 0.6 is 27.7 Å². The summed E-state index contributed by atoms with van der Waals surface area (Å²) >= 11 is 4.64. The molecule has 0 unspecified atom stereocenters. The van der Waals surface area contributed by atoms with Gasteiger partial charge >= 0.3 is 0 Å². The number of hydrogen-bond acceptors (Lipinski definition) is 6. The molecule has 1 aromatic heterocycles. The summed E-state index contributed by atoms with van der Waals surface area (Å²) in [5, 5.41) is 21.7. The molecule has 7 nitrogen and oxygen atoms in total. The van der Waals surface area contributed by atoms with Gasteiger partial charge in [-0.2, -0.15) is 0 Å². The number of phenols is 1. The van der Waals surface area contributed by atoms with E-state index in [0.717, 1.165) is 4.47 Å². The fourth-order valence-electron chi connectivity index (χ4n) is 2.43. The van der Waals surface area contributed by atoms with Crippen molar-refractivity contribution in [2.24, 2.45) is 7.05 Å². The molecule has 0 spiro atoms. The van der Waals surface area contributed by atoms with E-state index in [1.54, 1.807) is 49.1 Å². The van der Waals surface area contributed by atoms with Gasteiger partial charge in [-0.1, -0.05) is 39.8 Å². The minimum absolute atomic E-state index is 0.110. The van der Waals surface area contributed by atoms with Crippen LogP contribution in [-0.4, -0.2) is 38.6 Å². The predicted octanol–water partition coefficient (Wildman–Crippen LogP) is 3.69. The van der Waals surface area contributed by atoms with Crippen LogP contribution in [0.5, 0.6) is 11.5 Å². The summed E-state index contributed by atoms with van der Waals surface area (Å²) in [6.45, 7) is 0. The molecule has 0 saturated carbocycles. The first-order valence-corrected chi connectivity index (χ1v) is 9.71. The molecule has 27 heavy (non-hydrogen) atoms. The quantitative estimate of drug-likeness (QED) is 0.558. The van der Waals surface area contributed by atoms with Gasteiger partial charge in [-0.05, 0) is 30.3 Å². The van der Waals surface area contributed by atoms with Gasteiger partial charge < -0.3 is 19.7 Å². The molecule has 0 aliphatic rings. The van der Waals surface area contributed by atoms with Crippen LogP contribution in [0, 0.1) is 0 Å². The standard InChI is InChI=1S/C18H17BrN4O3S/c1-23-17(12-9-11(19)7-8-14(12)24)21-22-18(23)27-10-16(25)20-13-5-3-4-6-15(13)26-2/h3-9,24H,10H2,1-2H3,(H,20,25). The van der Waals surface area contributed by atoms with Crippen molar-refractivity contribution in [3.8, 4) is 22.9 Å². The van der Waals surface area contributed by atoms with Crippen molar-refractivity contribution in [3.63, 3.8) is 0 Å². The summed E-state index contributed by atoms with van der Waals surface area (Å²) in [6, 6.07) is 12.3. The zero-order valence-corrected chi connectivity index (χ0v) is 17.0. The number of rotatable bonds is 6. The number of benzene rings is 2. The lowest BCUT2D eigenvalue weighted by Gasteiger charge is -2.09. The number of aromatic nitrogens is 3. The zero-order chi connectivity index (χ0) is 19.4. The second-order valence-corrected chi connectivity index (χ2v) is 7.42. The number of ether oxygens (including phenoxy) is 1. The van der Waals surface area contributed by atoms with E-state index in [1.807, 2.05) is 12.1 Å². The number of hydrogen-bond donors (Lipinski definition) is 2. The molecular weight excluding hydrogens is 432 g/mol. The number of thioether (sulfide) groups is 1. The molecule has 0 aliphatic carbocycles. The monoisotopic (exact) mass is 448 g/mol. The first kappa shape index (κ1) is 19.2. The first-order chi connectivity index (χ1) is 13.0. The number of aromatic hydroxyl groups is 1. The third-order valence-corrected chi connectivity index (χ3v) is 5.26. The van der Waals surface area contributed by atoms with Gasteiger partial charge in [0, 0.05) is 11.5 Å². The highest BCUT2D eigenvalue weighted by Crippen LogP contribution is 2.32. The summed E-state index contributed by atoms with van der Waals surface area (Å²) in [4.78, 5) is 12.2. The largest absolute Gasteiger partial charge is 0.507 e. The lowest BCUT2D eigenvalue weighted by atomic mass is 10.2. The van der Waals surface area contributed by atoms with E-state index in [1.165, 1.54) is 11.8 Å². The van der Waals surface area contributed by atoms with Crippen LogP contribution < -0.4 is 10.1 Å². The second kappa shape index (κ2) is 8.45. The Morgan fingerprint density at radius 2 is 2.07 bits per heavy atom. The zero-order valence-electron chi connectivity index (χ0n) is 14.6. The highest BCUT2D eigenvalue weighted by atomic mass is 79.9. The molecule has 0 aliphatic heterocycles. The molecule has 1 amide bonds. The van der Waals surface area contributed by atoms with Gasteiger partial charge in [-0.25, -0.2) is 0 Å². The number of methoxy groups -OCH3 is 1. The molecule has 9 heteroatoms. The normalized spacial score (nSPS) is 10.6. The average Bonchev–Trinajstić information content (AvgIpc) is 3.03. The SMILES string of the molecule is COc1ccccc1NC(=O)CSc1nnc(-c2cc(Br)ccc2O)n1C. The summed E-state index contributed by atoms with van der Waals surface area (Å²) in [5.74, 6) is 1.20. The number of amides is 1. The van der Waals surface area contributed by atoms with Crippen molar-refractivity contribution < 1.29 is 14.6 Å². The van der Waals surface area contributed by atoms with E-state index in [-0.39, 0.29) is 17.4 Å². The minimum atomic E-state index is -0.181. The van der Waals surface area contributed by atoms with Crippen molar-refractivity contribution in [2.45, 2.75) is 5.16 Å². The van der Waals surface area contributed by atoms with Crippen molar-refractivity contribution in [3.05, 3.63) is 46.9 Å². The van der Waals surface area contributed by atoms with Crippen LogP contribution in [0.25, 0.3) is 11.4 Å². The number of nitrogens with zero attached hydrogens (tertiary/aromatic N) is 3. The maximum absolute atomic E-state index is 12.2. The fourth-order valence-corrected chi connectivity index (χ4v) is 3.50. The minimum Gasteiger partial charge on any atom is -0.507 e. The molecule has 0 radical (unpaired) electrons. The highest BCUT2D eigenvalue weighted by molar-refractivity contribution is 9.10. The highest BCUT2D eigenvalue weighted by Gasteiger charge is 2.16. The number of halogens is 1. The lowest BCUT2D eigenvalue weighted by Crippen LogP contribution is -2.15. The topological polar surface area (TPSA) is 89.3 Å². The summed E-state index contributed by atoms with van der Waals surface area (Å²) < 4.78 is 7.79. The molecule has 3 rings (SSSR count). The second-order valence-electron chi connectivity index (χ2n) is 5.56. The van der Waals surface area contributed by atoms with E-state index < -0.39 is 0 Å². The summed E-state index contributed by atoms with van der Waals surface area (Å²) in [5.41, 5.74) is 1.17. The summed E-state index contributed by atoms with van der Waals surface area (Å²) in [7, 11) is 3.34. The predicted molar refractivity (Wildman–Crippen MR) is 108 cm³/mol.